The lowest BCUT2D eigenvalue weighted by atomic mass is 10.1. The normalized spacial score (nSPS) is 13.3. The minimum atomic E-state index is -4.69. The standard InChI is InChI=1S/C16H17F3N6O3/c17-16(18,19)10-3-9(4-11(5-10)25(27)28)6-22-14-12-7-20-8-13(12)23-15(24-14)21-1-2-26/h3-5,20,26H,1-2,6-8H2,(H2,21,22,23,24). The number of hydrogen-bond donors (Lipinski definition) is 4. The summed E-state index contributed by atoms with van der Waals surface area (Å²) in [4.78, 5) is 18.7. The highest BCUT2D eigenvalue weighted by Crippen LogP contribution is 2.33. The van der Waals surface area contributed by atoms with Crippen LogP contribution in [-0.2, 0) is 25.8 Å². The van der Waals surface area contributed by atoms with Gasteiger partial charge in [0.2, 0.25) is 5.95 Å². The zero-order valence-corrected chi connectivity index (χ0v) is 14.5. The van der Waals surface area contributed by atoms with Crippen LogP contribution in [0.25, 0.3) is 0 Å². The summed E-state index contributed by atoms with van der Waals surface area (Å²) in [6.07, 6.45) is -4.69. The molecule has 0 bridgehead atoms. The molecule has 0 aliphatic carbocycles. The summed E-state index contributed by atoms with van der Waals surface area (Å²) in [5.74, 6) is 0.685. The van der Waals surface area contributed by atoms with Crippen LogP contribution in [-0.4, -0.2) is 33.1 Å². The molecule has 0 fully saturated rings. The fourth-order valence-electron chi connectivity index (χ4n) is 2.79. The molecule has 0 saturated carbocycles. The highest BCUT2D eigenvalue weighted by Gasteiger charge is 2.32. The lowest BCUT2D eigenvalue weighted by Crippen LogP contribution is -2.13. The number of rotatable bonds is 7. The number of hydrogen-bond acceptors (Lipinski definition) is 8. The van der Waals surface area contributed by atoms with E-state index in [9.17, 15) is 23.3 Å². The van der Waals surface area contributed by atoms with Crippen molar-refractivity contribution in [3.63, 3.8) is 0 Å². The zero-order valence-electron chi connectivity index (χ0n) is 14.5. The maximum atomic E-state index is 13.0. The van der Waals surface area contributed by atoms with E-state index in [0.717, 1.165) is 23.4 Å². The first kappa shape index (κ1) is 19.8. The lowest BCUT2D eigenvalue weighted by molar-refractivity contribution is -0.385. The average molecular weight is 398 g/mol. The van der Waals surface area contributed by atoms with Gasteiger partial charge in [0, 0.05) is 43.9 Å². The summed E-state index contributed by atoms with van der Waals surface area (Å²) < 4.78 is 39.1. The Kier molecular flexibility index (Phi) is 5.61. The van der Waals surface area contributed by atoms with Gasteiger partial charge in [-0.15, -0.1) is 0 Å². The molecule has 4 N–H and O–H groups in total. The number of anilines is 2. The fourth-order valence-corrected chi connectivity index (χ4v) is 2.79. The molecule has 1 aliphatic rings. The number of halogens is 3. The van der Waals surface area contributed by atoms with E-state index in [4.69, 9.17) is 5.11 Å². The maximum Gasteiger partial charge on any atom is 0.416 e. The second kappa shape index (κ2) is 7.94. The van der Waals surface area contributed by atoms with Crippen molar-refractivity contribution in [2.75, 3.05) is 23.8 Å². The van der Waals surface area contributed by atoms with Crippen LogP contribution in [0.5, 0.6) is 0 Å². The van der Waals surface area contributed by atoms with Crippen molar-refractivity contribution in [2.45, 2.75) is 25.8 Å². The maximum absolute atomic E-state index is 13.0. The van der Waals surface area contributed by atoms with Crippen molar-refractivity contribution < 1.29 is 23.2 Å². The second-order valence-corrected chi connectivity index (χ2v) is 6.07. The monoisotopic (exact) mass is 398 g/mol. The summed E-state index contributed by atoms with van der Waals surface area (Å²) in [6.45, 7) is 1.03. The third kappa shape index (κ3) is 4.46. The molecule has 12 heteroatoms. The van der Waals surface area contributed by atoms with Gasteiger partial charge in [-0.3, -0.25) is 10.1 Å². The van der Waals surface area contributed by atoms with E-state index < -0.39 is 22.4 Å². The number of aromatic nitrogens is 2. The Morgan fingerprint density at radius 1 is 1.21 bits per heavy atom. The molecule has 1 aromatic carbocycles. The third-order valence-electron chi connectivity index (χ3n) is 4.06. The number of aliphatic hydroxyl groups excluding tert-OH is 1. The van der Waals surface area contributed by atoms with Gasteiger partial charge in [-0.2, -0.15) is 18.2 Å². The van der Waals surface area contributed by atoms with Crippen molar-refractivity contribution in [2.24, 2.45) is 0 Å². The number of fused-ring (bicyclic) bond motifs is 1. The van der Waals surface area contributed by atoms with Crippen LogP contribution in [0.2, 0.25) is 0 Å². The molecule has 0 unspecified atom stereocenters. The molecule has 1 aromatic heterocycles. The number of aliphatic hydroxyl groups is 1. The van der Waals surface area contributed by atoms with Gasteiger partial charge in [0.15, 0.2) is 0 Å². The van der Waals surface area contributed by atoms with E-state index in [1.807, 2.05) is 0 Å². The first-order valence-corrected chi connectivity index (χ1v) is 8.32. The van der Waals surface area contributed by atoms with Crippen LogP contribution in [0.15, 0.2) is 18.2 Å². The SMILES string of the molecule is O=[N+]([O-])c1cc(CNc2nc(NCCO)nc3c2CNC3)cc(C(F)(F)F)c1. The van der Waals surface area contributed by atoms with Gasteiger partial charge in [-0.05, 0) is 11.6 Å². The Bertz CT molecular complexity index is 891. The second-order valence-electron chi connectivity index (χ2n) is 6.07. The fraction of sp³-hybridized carbons (Fsp3) is 0.375. The van der Waals surface area contributed by atoms with Crippen molar-refractivity contribution in [1.82, 2.24) is 15.3 Å². The van der Waals surface area contributed by atoms with Gasteiger partial charge in [0.1, 0.15) is 5.82 Å². The minimum absolute atomic E-state index is 0.0896. The van der Waals surface area contributed by atoms with Crippen LogP contribution in [0, 0.1) is 10.1 Å². The van der Waals surface area contributed by atoms with E-state index in [1.54, 1.807) is 0 Å². The summed E-state index contributed by atoms with van der Waals surface area (Å²) in [5.41, 5.74) is -0.112. The van der Waals surface area contributed by atoms with Crippen LogP contribution in [0.3, 0.4) is 0 Å². The number of nitro benzene ring substituents is 1. The number of alkyl halides is 3. The first-order chi connectivity index (χ1) is 13.3. The third-order valence-corrected chi connectivity index (χ3v) is 4.06. The lowest BCUT2D eigenvalue weighted by Gasteiger charge is -2.13. The number of nitrogens with one attached hydrogen (secondary N) is 3. The Morgan fingerprint density at radius 2 is 2.00 bits per heavy atom. The largest absolute Gasteiger partial charge is 0.416 e. The molecule has 0 saturated heterocycles. The van der Waals surface area contributed by atoms with Crippen molar-refractivity contribution >= 4 is 17.5 Å². The first-order valence-electron chi connectivity index (χ1n) is 8.32. The van der Waals surface area contributed by atoms with Crippen LogP contribution < -0.4 is 16.0 Å². The molecule has 0 spiro atoms. The number of non-ortho nitro benzene ring substituents is 1. The van der Waals surface area contributed by atoms with Gasteiger partial charge < -0.3 is 21.1 Å². The minimum Gasteiger partial charge on any atom is -0.395 e. The Morgan fingerprint density at radius 3 is 2.68 bits per heavy atom. The van der Waals surface area contributed by atoms with Crippen LogP contribution >= 0.6 is 0 Å². The summed E-state index contributed by atoms with van der Waals surface area (Å²) >= 11 is 0. The molecule has 28 heavy (non-hydrogen) atoms. The Balaban J connectivity index is 1.87. The predicted octanol–water partition coefficient (Wildman–Crippen LogP) is 2.02. The number of nitro groups is 1. The highest BCUT2D eigenvalue weighted by atomic mass is 19.4. The summed E-state index contributed by atoms with van der Waals surface area (Å²) in [7, 11) is 0. The van der Waals surface area contributed by atoms with Gasteiger partial charge in [-0.25, -0.2) is 4.98 Å². The molecule has 3 rings (SSSR count). The quantitative estimate of drug-likeness (QED) is 0.412. The molecule has 0 amide bonds. The van der Waals surface area contributed by atoms with Crippen molar-refractivity contribution in [3.8, 4) is 0 Å². The van der Waals surface area contributed by atoms with Gasteiger partial charge in [0.05, 0.1) is 22.8 Å². The van der Waals surface area contributed by atoms with E-state index in [-0.39, 0.29) is 31.2 Å². The molecule has 0 atom stereocenters. The average Bonchev–Trinajstić information content (AvgIpc) is 3.12. The number of nitrogens with zero attached hydrogens (tertiary/aromatic N) is 3. The molecule has 2 aromatic rings. The van der Waals surface area contributed by atoms with Gasteiger partial charge in [0.25, 0.3) is 5.69 Å². The topological polar surface area (TPSA) is 125 Å². The molecule has 150 valence electrons. The van der Waals surface area contributed by atoms with E-state index in [1.165, 1.54) is 0 Å². The van der Waals surface area contributed by atoms with Gasteiger partial charge in [-0.1, -0.05) is 0 Å². The highest BCUT2D eigenvalue weighted by molar-refractivity contribution is 5.53. The van der Waals surface area contributed by atoms with Crippen LogP contribution in [0.1, 0.15) is 22.4 Å². The summed E-state index contributed by atoms with van der Waals surface area (Å²) in [6, 6.07) is 2.46. The zero-order chi connectivity index (χ0) is 20.3. The van der Waals surface area contributed by atoms with E-state index in [0.29, 0.717) is 25.0 Å². The molecule has 2 heterocycles. The molecule has 0 radical (unpaired) electrons. The molecule has 1 aliphatic heterocycles. The van der Waals surface area contributed by atoms with Crippen molar-refractivity contribution in [3.05, 3.63) is 50.7 Å². The molecular weight excluding hydrogens is 381 g/mol. The van der Waals surface area contributed by atoms with Gasteiger partial charge >= 0.3 is 6.18 Å². The van der Waals surface area contributed by atoms with Crippen molar-refractivity contribution in [1.29, 1.82) is 0 Å². The predicted molar refractivity (Wildman–Crippen MR) is 93.6 cm³/mol. The van der Waals surface area contributed by atoms with E-state index >= 15 is 0 Å². The smallest absolute Gasteiger partial charge is 0.395 e. The molecular formula is C16H17F3N6O3. The Labute approximate surface area is 157 Å². The Hall–Kier alpha value is -2.99. The molecule has 9 nitrogen and oxygen atoms in total. The van der Waals surface area contributed by atoms with E-state index in [2.05, 4.69) is 25.9 Å². The summed E-state index contributed by atoms with van der Waals surface area (Å²) in [5, 5.41) is 28.8. The number of benzene rings is 1. The van der Waals surface area contributed by atoms with Crippen LogP contribution in [0.4, 0.5) is 30.6 Å².